The zero-order chi connectivity index (χ0) is 16.5. The van der Waals surface area contributed by atoms with Gasteiger partial charge >= 0.3 is 5.97 Å². The molecule has 23 heavy (non-hydrogen) atoms. The second-order valence-electron chi connectivity index (χ2n) is 5.51. The van der Waals surface area contributed by atoms with Crippen molar-refractivity contribution in [1.82, 2.24) is 15.3 Å². The smallest absolute Gasteiger partial charge is 0.306 e. The Morgan fingerprint density at radius 2 is 2.00 bits per heavy atom. The highest BCUT2D eigenvalue weighted by molar-refractivity contribution is 5.81. The van der Waals surface area contributed by atoms with Crippen LogP contribution in [0, 0.1) is 0 Å². The summed E-state index contributed by atoms with van der Waals surface area (Å²) in [5, 5.41) is 2.97. The lowest BCUT2D eigenvalue weighted by atomic mass is 9.93. The van der Waals surface area contributed by atoms with Crippen LogP contribution in [0.2, 0.25) is 0 Å². The van der Waals surface area contributed by atoms with Crippen molar-refractivity contribution >= 4 is 11.9 Å². The van der Waals surface area contributed by atoms with Gasteiger partial charge in [-0.3, -0.25) is 14.6 Å². The standard InChI is InChI=1S/C16H23N3O4/c1-2-22-16(21)8-7-14(20)19-12-3-5-13(6-4-12)23-15-11-17-9-10-18-15/h9-13H,2-8H2,1H3,(H,19,20). The quantitative estimate of drug-likeness (QED) is 0.768. The molecule has 1 aromatic heterocycles. The monoisotopic (exact) mass is 321 g/mol. The highest BCUT2D eigenvalue weighted by Crippen LogP contribution is 2.22. The van der Waals surface area contributed by atoms with E-state index in [1.165, 1.54) is 0 Å². The van der Waals surface area contributed by atoms with E-state index in [-0.39, 0.29) is 36.9 Å². The van der Waals surface area contributed by atoms with E-state index in [4.69, 9.17) is 9.47 Å². The molecule has 0 atom stereocenters. The van der Waals surface area contributed by atoms with E-state index in [2.05, 4.69) is 15.3 Å². The Bertz CT molecular complexity index is 501. The number of hydrogen-bond acceptors (Lipinski definition) is 6. The third-order valence-electron chi connectivity index (χ3n) is 3.73. The Morgan fingerprint density at radius 1 is 1.22 bits per heavy atom. The van der Waals surface area contributed by atoms with Crippen LogP contribution in [0.25, 0.3) is 0 Å². The van der Waals surface area contributed by atoms with Crippen molar-refractivity contribution in [2.75, 3.05) is 6.61 Å². The molecule has 0 unspecified atom stereocenters. The van der Waals surface area contributed by atoms with Crippen LogP contribution in [0.3, 0.4) is 0 Å². The van der Waals surface area contributed by atoms with Crippen LogP contribution in [0.5, 0.6) is 5.88 Å². The van der Waals surface area contributed by atoms with Gasteiger partial charge in [-0.1, -0.05) is 0 Å². The first-order valence-corrected chi connectivity index (χ1v) is 8.05. The molecule has 1 aromatic rings. The normalized spacial score (nSPS) is 20.6. The molecule has 7 heteroatoms. The van der Waals surface area contributed by atoms with E-state index < -0.39 is 0 Å². The molecule has 7 nitrogen and oxygen atoms in total. The Labute approximate surface area is 135 Å². The number of nitrogens with one attached hydrogen (secondary N) is 1. The molecule has 0 saturated heterocycles. The van der Waals surface area contributed by atoms with Gasteiger partial charge in [-0.25, -0.2) is 4.98 Å². The molecule has 1 amide bonds. The number of hydrogen-bond donors (Lipinski definition) is 1. The summed E-state index contributed by atoms with van der Waals surface area (Å²) in [5.74, 6) is 0.106. The van der Waals surface area contributed by atoms with E-state index in [0.29, 0.717) is 12.5 Å². The highest BCUT2D eigenvalue weighted by atomic mass is 16.5. The summed E-state index contributed by atoms with van der Waals surface area (Å²) < 4.78 is 10.6. The van der Waals surface area contributed by atoms with Gasteiger partial charge in [-0.2, -0.15) is 0 Å². The first kappa shape index (κ1) is 17.2. The Morgan fingerprint density at radius 3 is 2.65 bits per heavy atom. The van der Waals surface area contributed by atoms with Gasteiger partial charge in [0.15, 0.2) is 0 Å². The fourth-order valence-corrected chi connectivity index (χ4v) is 2.59. The van der Waals surface area contributed by atoms with Gasteiger partial charge in [-0.15, -0.1) is 0 Å². The van der Waals surface area contributed by atoms with E-state index in [9.17, 15) is 9.59 Å². The summed E-state index contributed by atoms with van der Waals surface area (Å²) in [6.45, 7) is 2.09. The second kappa shape index (κ2) is 9.07. The zero-order valence-corrected chi connectivity index (χ0v) is 13.4. The number of ether oxygens (including phenoxy) is 2. The van der Waals surface area contributed by atoms with Gasteiger partial charge in [0.1, 0.15) is 6.10 Å². The summed E-state index contributed by atoms with van der Waals surface area (Å²) in [6.07, 6.45) is 8.66. The van der Waals surface area contributed by atoms with Crippen molar-refractivity contribution in [3.8, 4) is 5.88 Å². The van der Waals surface area contributed by atoms with Crippen molar-refractivity contribution < 1.29 is 19.1 Å². The van der Waals surface area contributed by atoms with Gasteiger partial charge in [-0.05, 0) is 32.6 Å². The predicted molar refractivity (Wildman–Crippen MR) is 82.7 cm³/mol. The minimum atomic E-state index is -0.330. The molecule has 1 aliphatic rings. The number of carbonyl (C=O) groups is 2. The van der Waals surface area contributed by atoms with E-state index in [1.54, 1.807) is 25.5 Å². The number of esters is 1. The lowest BCUT2D eigenvalue weighted by Crippen LogP contribution is -2.39. The largest absolute Gasteiger partial charge is 0.473 e. The van der Waals surface area contributed by atoms with Crippen LogP contribution in [-0.4, -0.2) is 40.6 Å². The maximum absolute atomic E-state index is 11.8. The second-order valence-corrected chi connectivity index (χ2v) is 5.51. The molecule has 1 heterocycles. The molecule has 0 bridgehead atoms. The predicted octanol–water partition coefficient (Wildman–Crippen LogP) is 1.63. The molecule has 2 rings (SSSR count). The summed E-state index contributed by atoms with van der Waals surface area (Å²) in [5.41, 5.74) is 0. The maximum atomic E-state index is 11.8. The summed E-state index contributed by atoms with van der Waals surface area (Å²) in [4.78, 5) is 31.1. The lowest BCUT2D eigenvalue weighted by molar-refractivity contribution is -0.144. The van der Waals surface area contributed by atoms with Crippen LogP contribution < -0.4 is 10.1 Å². The zero-order valence-electron chi connectivity index (χ0n) is 13.4. The SMILES string of the molecule is CCOC(=O)CCC(=O)NC1CCC(Oc2cnccn2)CC1. The Hall–Kier alpha value is -2.18. The molecule has 0 aromatic carbocycles. The van der Waals surface area contributed by atoms with Crippen molar-refractivity contribution in [3.05, 3.63) is 18.6 Å². The number of aromatic nitrogens is 2. The first-order valence-electron chi connectivity index (χ1n) is 8.05. The van der Waals surface area contributed by atoms with Crippen LogP contribution in [0.15, 0.2) is 18.6 Å². The van der Waals surface area contributed by atoms with Crippen LogP contribution >= 0.6 is 0 Å². The minimum absolute atomic E-state index is 0.101. The molecule has 0 radical (unpaired) electrons. The molecule has 1 aliphatic carbocycles. The number of nitrogens with zero attached hydrogens (tertiary/aromatic N) is 2. The summed E-state index contributed by atoms with van der Waals surface area (Å²) >= 11 is 0. The molecular weight excluding hydrogens is 298 g/mol. The van der Waals surface area contributed by atoms with Crippen molar-refractivity contribution in [3.63, 3.8) is 0 Å². The van der Waals surface area contributed by atoms with Gasteiger partial charge in [0, 0.05) is 24.9 Å². The van der Waals surface area contributed by atoms with Crippen molar-refractivity contribution in [2.45, 2.75) is 57.6 Å². The number of amides is 1. The van der Waals surface area contributed by atoms with Crippen molar-refractivity contribution in [2.24, 2.45) is 0 Å². The maximum Gasteiger partial charge on any atom is 0.306 e. The van der Waals surface area contributed by atoms with E-state index >= 15 is 0 Å². The molecular formula is C16H23N3O4. The van der Waals surface area contributed by atoms with Crippen molar-refractivity contribution in [1.29, 1.82) is 0 Å². The fourth-order valence-electron chi connectivity index (χ4n) is 2.59. The first-order chi connectivity index (χ1) is 11.2. The average molecular weight is 321 g/mol. The molecule has 0 spiro atoms. The van der Waals surface area contributed by atoms with Crippen LogP contribution in [0.1, 0.15) is 45.4 Å². The van der Waals surface area contributed by atoms with Gasteiger partial charge < -0.3 is 14.8 Å². The average Bonchev–Trinajstić information content (AvgIpc) is 2.56. The molecule has 1 N–H and O–H groups in total. The third kappa shape index (κ3) is 6.22. The molecule has 126 valence electrons. The molecule has 1 saturated carbocycles. The van der Waals surface area contributed by atoms with Gasteiger partial charge in [0.25, 0.3) is 0 Å². The van der Waals surface area contributed by atoms with Crippen LogP contribution in [0.4, 0.5) is 0 Å². The summed E-state index contributed by atoms with van der Waals surface area (Å²) in [7, 11) is 0. The van der Waals surface area contributed by atoms with Crippen LogP contribution in [-0.2, 0) is 14.3 Å². The summed E-state index contributed by atoms with van der Waals surface area (Å²) in [6, 6.07) is 0.145. The molecule has 0 aliphatic heterocycles. The van der Waals surface area contributed by atoms with Gasteiger partial charge in [0.05, 0.1) is 19.2 Å². The third-order valence-corrected chi connectivity index (χ3v) is 3.73. The van der Waals surface area contributed by atoms with E-state index in [1.807, 2.05) is 0 Å². The Kier molecular flexibility index (Phi) is 6.77. The number of carbonyl (C=O) groups excluding carboxylic acids is 2. The molecule has 1 fully saturated rings. The minimum Gasteiger partial charge on any atom is -0.473 e. The number of rotatable bonds is 7. The fraction of sp³-hybridized carbons (Fsp3) is 0.625. The topological polar surface area (TPSA) is 90.4 Å². The Balaban J connectivity index is 1.64. The highest BCUT2D eigenvalue weighted by Gasteiger charge is 2.24. The van der Waals surface area contributed by atoms with Gasteiger partial charge in [0.2, 0.25) is 11.8 Å². The lowest BCUT2D eigenvalue weighted by Gasteiger charge is -2.29. The van der Waals surface area contributed by atoms with E-state index in [0.717, 1.165) is 25.7 Å².